The van der Waals surface area contributed by atoms with Gasteiger partial charge in [-0.25, -0.2) is 4.99 Å². The molecule has 0 radical (unpaired) electrons. The zero-order chi connectivity index (χ0) is 15.0. The number of Topliss-reactive ketones (excluding diaryl/α,β-unsaturated/α-hetero) is 1. The summed E-state index contributed by atoms with van der Waals surface area (Å²) in [6.07, 6.45) is 7.47. The van der Waals surface area contributed by atoms with Gasteiger partial charge in [-0.1, -0.05) is 39.0 Å². The van der Waals surface area contributed by atoms with Gasteiger partial charge in [-0.05, 0) is 20.3 Å². The summed E-state index contributed by atoms with van der Waals surface area (Å²) in [5.41, 5.74) is 0.486. The number of hydrogen-bond donors (Lipinski definition) is 0. The maximum absolute atomic E-state index is 12.5. The number of rotatable bonds is 4. The van der Waals surface area contributed by atoms with Crippen molar-refractivity contribution >= 4 is 11.7 Å². The van der Waals surface area contributed by atoms with Gasteiger partial charge in [0.2, 0.25) is 5.90 Å². The highest BCUT2D eigenvalue weighted by Crippen LogP contribution is 2.43. The lowest BCUT2D eigenvalue weighted by Crippen LogP contribution is -2.38. The lowest BCUT2D eigenvalue weighted by molar-refractivity contribution is -0.127. The van der Waals surface area contributed by atoms with Crippen LogP contribution in [-0.4, -0.2) is 23.8 Å². The van der Waals surface area contributed by atoms with Gasteiger partial charge in [0, 0.05) is 17.9 Å². The highest BCUT2D eigenvalue weighted by atomic mass is 16.5. The monoisotopic (exact) mass is 275 g/mol. The van der Waals surface area contributed by atoms with Crippen molar-refractivity contribution in [1.29, 1.82) is 0 Å². The Morgan fingerprint density at radius 1 is 1.45 bits per heavy atom. The molecular formula is C17H25NO2. The van der Waals surface area contributed by atoms with E-state index in [4.69, 9.17) is 4.74 Å². The number of aliphatic imine (C=N–C) groups is 1. The van der Waals surface area contributed by atoms with E-state index in [0.29, 0.717) is 24.7 Å². The Bertz CT molecular complexity index is 499. The first kappa shape index (κ1) is 15.0. The molecule has 0 N–H and O–H groups in total. The third-order valence-corrected chi connectivity index (χ3v) is 4.55. The molecule has 1 heterocycles. The van der Waals surface area contributed by atoms with Crippen molar-refractivity contribution in [2.24, 2.45) is 16.3 Å². The van der Waals surface area contributed by atoms with Crippen molar-refractivity contribution < 1.29 is 9.53 Å². The van der Waals surface area contributed by atoms with E-state index in [2.05, 4.69) is 38.8 Å². The van der Waals surface area contributed by atoms with Crippen LogP contribution in [0, 0.1) is 11.3 Å². The van der Waals surface area contributed by atoms with Crippen molar-refractivity contribution in [2.75, 3.05) is 6.61 Å². The van der Waals surface area contributed by atoms with Gasteiger partial charge in [0.15, 0.2) is 0 Å². The zero-order valence-corrected chi connectivity index (χ0v) is 13.2. The largest absolute Gasteiger partial charge is 0.475 e. The summed E-state index contributed by atoms with van der Waals surface area (Å²) in [7, 11) is 0. The molecule has 0 aromatic rings. The number of ether oxygens (including phenoxy) is 1. The van der Waals surface area contributed by atoms with Crippen LogP contribution in [0.4, 0.5) is 0 Å². The number of carbonyl (C=O) groups is 1. The smallest absolute Gasteiger partial charge is 0.212 e. The van der Waals surface area contributed by atoms with Crippen LogP contribution in [0.5, 0.6) is 0 Å². The number of nitrogens with zero attached hydrogens (tertiary/aromatic N) is 1. The van der Waals surface area contributed by atoms with E-state index >= 15 is 0 Å². The Balaban J connectivity index is 2.37. The number of ketones is 1. The fraction of sp³-hybridized carbons (Fsp3) is 0.647. The number of allylic oxidation sites excluding steroid dienone is 3. The quantitative estimate of drug-likeness (QED) is 0.784. The van der Waals surface area contributed by atoms with Gasteiger partial charge in [0.1, 0.15) is 12.4 Å². The first-order valence-corrected chi connectivity index (χ1v) is 7.52. The van der Waals surface area contributed by atoms with Crippen LogP contribution >= 0.6 is 0 Å². The molecule has 1 aliphatic heterocycles. The Hall–Kier alpha value is -1.38. The third-order valence-electron chi connectivity index (χ3n) is 4.55. The minimum absolute atomic E-state index is 0.109. The highest BCUT2D eigenvalue weighted by Gasteiger charge is 2.43. The SMILES string of the molecule is CCC(=O)[C@]1(CC)C=CC=C(C2=NC(C)(C)CO2)[C@@H]1C. The Labute approximate surface area is 121 Å². The molecule has 1 aliphatic carbocycles. The van der Waals surface area contributed by atoms with E-state index < -0.39 is 5.41 Å². The lowest BCUT2D eigenvalue weighted by atomic mass is 9.65. The molecule has 0 aromatic heterocycles. The molecule has 2 aliphatic rings. The highest BCUT2D eigenvalue weighted by molar-refractivity contribution is 5.98. The molecule has 0 spiro atoms. The average molecular weight is 275 g/mol. The van der Waals surface area contributed by atoms with Crippen molar-refractivity contribution in [1.82, 2.24) is 0 Å². The maximum atomic E-state index is 12.5. The fourth-order valence-corrected chi connectivity index (χ4v) is 3.16. The maximum Gasteiger partial charge on any atom is 0.212 e. The number of carbonyl (C=O) groups excluding carboxylic acids is 1. The molecule has 0 amide bonds. The van der Waals surface area contributed by atoms with Crippen molar-refractivity contribution in [3.63, 3.8) is 0 Å². The summed E-state index contributed by atoms with van der Waals surface area (Å²) in [5, 5.41) is 0. The van der Waals surface area contributed by atoms with E-state index in [1.807, 2.05) is 19.1 Å². The van der Waals surface area contributed by atoms with Crippen LogP contribution < -0.4 is 0 Å². The molecule has 0 saturated heterocycles. The molecule has 0 unspecified atom stereocenters. The Morgan fingerprint density at radius 3 is 2.65 bits per heavy atom. The molecule has 110 valence electrons. The average Bonchev–Trinajstić information content (AvgIpc) is 2.78. The van der Waals surface area contributed by atoms with Gasteiger partial charge in [0.05, 0.1) is 11.0 Å². The molecule has 2 atom stereocenters. The van der Waals surface area contributed by atoms with E-state index in [9.17, 15) is 4.79 Å². The Morgan fingerprint density at radius 2 is 2.15 bits per heavy atom. The van der Waals surface area contributed by atoms with Crippen LogP contribution in [-0.2, 0) is 9.53 Å². The predicted octanol–water partition coefficient (Wildman–Crippen LogP) is 3.70. The van der Waals surface area contributed by atoms with Gasteiger partial charge in [-0.3, -0.25) is 4.79 Å². The lowest BCUT2D eigenvalue weighted by Gasteiger charge is -2.37. The van der Waals surface area contributed by atoms with Crippen molar-refractivity contribution in [3.05, 3.63) is 23.8 Å². The second-order valence-corrected chi connectivity index (χ2v) is 6.39. The molecule has 0 aromatic carbocycles. The van der Waals surface area contributed by atoms with Gasteiger partial charge in [-0.2, -0.15) is 0 Å². The van der Waals surface area contributed by atoms with Crippen LogP contribution in [0.1, 0.15) is 47.5 Å². The molecule has 3 nitrogen and oxygen atoms in total. The summed E-state index contributed by atoms with van der Waals surface area (Å²) in [6.45, 7) is 10.9. The van der Waals surface area contributed by atoms with Crippen molar-refractivity contribution in [3.8, 4) is 0 Å². The van der Waals surface area contributed by atoms with Crippen LogP contribution in [0.25, 0.3) is 0 Å². The summed E-state index contributed by atoms with van der Waals surface area (Å²) < 4.78 is 5.77. The first-order chi connectivity index (χ1) is 9.36. The van der Waals surface area contributed by atoms with Gasteiger partial charge < -0.3 is 4.74 Å². The normalized spacial score (nSPS) is 31.6. The standard InChI is InChI=1S/C17H25NO2/c1-6-14(19)17(7-2)10-8-9-13(12(17)3)15-18-16(4,5)11-20-15/h8-10,12H,6-7,11H2,1-5H3/t12-,17+/m0/s1. The zero-order valence-electron chi connectivity index (χ0n) is 13.2. The van der Waals surface area contributed by atoms with Gasteiger partial charge >= 0.3 is 0 Å². The van der Waals surface area contributed by atoms with Crippen LogP contribution in [0.15, 0.2) is 28.8 Å². The summed E-state index contributed by atoms with van der Waals surface area (Å²) in [4.78, 5) is 17.1. The molecule has 0 saturated carbocycles. The van der Waals surface area contributed by atoms with E-state index in [-0.39, 0.29) is 11.5 Å². The third kappa shape index (κ3) is 2.34. The van der Waals surface area contributed by atoms with Crippen molar-refractivity contribution in [2.45, 2.75) is 53.0 Å². The fourth-order valence-electron chi connectivity index (χ4n) is 3.16. The second kappa shape index (κ2) is 5.19. The van der Waals surface area contributed by atoms with E-state index in [0.717, 1.165) is 12.0 Å². The Kier molecular flexibility index (Phi) is 3.90. The number of hydrogen-bond acceptors (Lipinski definition) is 3. The van der Waals surface area contributed by atoms with E-state index in [1.54, 1.807) is 0 Å². The van der Waals surface area contributed by atoms with E-state index in [1.165, 1.54) is 0 Å². The van der Waals surface area contributed by atoms with Gasteiger partial charge in [0.25, 0.3) is 0 Å². The van der Waals surface area contributed by atoms with Crippen LogP contribution in [0.3, 0.4) is 0 Å². The molecule has 2 rings (SSSR count). The summed E-state index contributed by atoms with van der Waals surface area (Å²) in [5.74, 6) is 1.12. The second-order valence-electron chi connectivity index (χ2n) is 6.39. The molecule has 0 fully saturated rings. The molecule has 20 heavy (non-hydrogen) atoms. The molecular weight excluding hydrogens is 250 g/mol. The first-order valence-electron chi connectivity index (χ1n) is 7.52. The predicted molar refractivity (Wildman–Crippen MR) is 81.9 cm³/mol. The minimum Gasteiger partial charge on any atom is -0.475 e. The molecule has 0 bridgehead atoms. The van der Waals surface area contributed by atoms with Crippen LogP contribution in [0.2, 0.25) is 0 Å². The topological polar surface area (TPSA) is 38.7 Å². The summed E-state index contributed by atoms with van der Waals surface area (Å²) >= 11 is 0. The molecule has 3 heteroatoms. The summed E-state index contributed by atoms with van der Waals surface area (Å²) in [6, 6.07) is 0. The van der Waals surface area contributed by atoms with Gasteiger partial charge in [-0.15, -0.1) is 0 Å². The minimum atomic E-state index is -0.405.